The van der Waals surface area contributed by atoms with Crippen LogP contribution in [-0.4, -0.2) is 17.7 Å². The van der Waals surface area contributed by atoms with Crippen molar-refractivity contribution in [3.63, 3.8) is 0 Å². The van der Waals surface area contributed by atoms with E-state index in [1.807, 2.05) is 18.2 Å². The minimum Gasteiger partial charge on any atom is -0.493 e. The number of carboxylic acid groups (broad SMARTS) is 1. The molecule has 0 heterocycles. The zero-order valence-corrected chi connectivity index (χ0v) is 10.5. The third-order valence-corrected chi connectivity index (χ3v) is 2.64. The minimum atomic E-state index is -0.906. The van der Waals surface area contributed by atoms with Gasteiger partial charge < -0.3 is 9.84 Å². The van der Waals surface area contributed by atoms with Crippen molar-refractivity contribution >= 4 is 16.7 Å². The summed E-state index contributed by atoms with van der Waals surface area (Å²) in [6.45, 7) is 4.87. The van der Waals surface area contributed by atoms with Crippen LogP contribution in [0.5, 0.6) is 5.75 Å². The number of carboxylic acids is 1. The van der Waals surface area contributed by atoms with Crippen LogP contribution in [0.15, 0.2) is 36.4 Å². The Bertz CT molecular complexity index is 573. The molecule has 0 unspecified atom stereocenters. The van der Waals surface area contributed by atoms with E-state index in [-0.39, 0.29) is 0 Å². The Balaban J connectivity index is 2.29. The predicted octanol–water partition coefficient (Wildman–Crippen LogP) is 3.57. The summed E-state index contributed by atoms with van der Waals surface area (Å²) >= 11 is 0. The van der Waals surface area contributed by atoms with Crippen molar-refractivity contribution in [3.05, 3.63) is 42.0 Å². The van der Waals surface area contributed by atoms with Crippen LogP contribution in [0.4, 0.5) is 0 Å². The summed E-state index contributed by atoms with van der Waals surface area (Å²) in [5.74, 6) is 0.395. The number of hydrogen-bond donors (Lipinski definition) is 1. The second kappa shape index (κ2) is 5.08. The van der Waals surface area contributed by atoms with E-state index in [0.717, 1.165) is 16.5 Å². The topological polar surface area (TPSA) is 46.5 Å². The lowest BCUT2D eigenvalue weighted by Crippen LogP contribution is -2.04. The van der Waals surface area contributed by atoms with Crippen LogP contribution in [0, 0.1) is 5.92 Å². The zero-order chi connectivity index (χ0) is 13.1. The van der Waals surface area contributed by atoms with Crippen LogP contribution < -0.4 is 4.74 Å². The molecular formula is C15H16O3. The van der Waals surface area contributed by atoms with Gasteiger partial charge >= 0.3 is 5.97 Å². The summed E-state index contributed by atoms with van der Waals surface area (Å²) in [7, 11) is 0. The highest BCUT2D eigenvalue weighted by Gasteiger charge is 2.04. The van der Waals surface area contributed by atoms with E-state index in [4.69, 9.17) is 9.84 Å². The average Bonchev–Trinajstić information content (AvgIpc) is 2.35. The van der Waals surface area contributed by atoms with E-state index in [1.165, 1.54) is 0 Å². The van der Waals surface area contributed by atoms with Crippen LogP contribution in [0.1, 0.15) is 24.2 Å². The first-order valence-electron chi connectivity index (χ1n) is 5.96. The molecule has 0 radical (unpaired) electrons. The number of ether oxygens (including phenoxy) is 1. The van der Waals surface area contributed by atoms with E-state index in [0.29, 0.717) is 18.1 Å². The van der Waals surface area contributed by atoms with E-state index >= 15 is 0 Å². The fourth-order valence-electron chi connectivity index (χ4n) is 1.71. The molecule has 0 bridgehead atoms. The Morgan fingerprint density at radius 3 is 2.50 bits per heavy atom. The van der Waals surface area contributed by atoms with Gasteiger partial charge in [-0.2, -0.15) is 0 Å². The third-order valence-electron chi connectivity index (χ3n) is 2.64. The molecule has 18 heavy (non-hydrogen) atoms. The van der Waals surface area contributed by atoms with E-state index in [9.17, 15) is 4.79 Å². The van der Waals surface area contributed by atoms with Crippen LogP contribution in [-0.2, 0) is 0 Å². The number of rotatable bonds is 4. The Labute approximate surface area is 106 Å². The van der Waals surface area contributed by atoms with Crippen LogP contribution >= 0.6 is 0 Å². The summed E-state index contributed by atoms with van der Waals surface area (Å²) < 4.78 is 5.64. The minimum absolute atomic E-state index is 0.304. The molecule has 2 aromatic rings. The lowest BCUT2D eigenvalue weighted by Gasteiger charge is -2.09. The smallest absolute Gasteiger partial charge is 0.335 e. The Hall–Kier alpha value is -2.03. The summed E-state index contributed by atoms with van der Waals surface area (Å²) in [4.78, 5) is 10.9. The van der Waals surface area contributed by atoms with Gasteiger partial charge in [-0.25, -0.2) is 4.79 Å². The van der Waals surface area contributed by atoms with Crippen LogP contribution in [0.3, 0.4) is 0 Å². The lowest BCUT2D eigenvalue weighted by atomic mass is 10.1. The number of hydrogen-bond acceptors (Lipinski definition) is 2. The highest BCUT2D eigenvalue weighted by molar-refractivity contribution is 5.94. The Morgan fingerprint density at radius 1 is 1.17 bits per heavy atom. The van der Waals surface area contributed by atoms with E-state index < -0.39 is 5.97 Å². The Kier molecular flexibility index (Phi) is 3.51. The van der Waals surface area contributed by atoms with Crippen molar-refractivity contribution in [2.75, 3.05) is 6.61 Å². The molecule has 3 nitrogen and oxygen atoms in total. The molecule has 2 rings (SSSR count). The molecular weight excluding hydrogens is 228 g/mol. The van der Waals surface area contributed by atoms with Crippen molar-refractivity contribution < 1.29 is 14.6 Å². The SMILES string of the molecule is CC(C)COc1ccc2cc(C(=O)O)ccc2c1. The number of aromatic carboxylic acids is 1. The van der Waals surface area contributed by atoms with E-state index in [1.54, 1.807) is 18.2 Å². The summed E-state index contributed by atoms with van der Waals surface area (Å²) in [5, 5.41) is 10.8. The summed E-state index contributed by atoms with van der Waals surface area (Å²) in [5.41, 5.74) is 0.304. The largest absolute Gasteiger partial charge is 0.493 e. The maximum absolute atomic E-state index is 10.9. The standard InChI is InChI=1S/C15H16O3/c1-10(2)9-18-14-6-5-11-7-13(15(16)17)4-3-12(11)8-14/h3-8,10H,9H2,1-2H3,(H,16,17). The zero-order valence-electron chi connectivity index (χ0n) is 10.5. The first kappa shape index (κ1) is 12.4. The van der Waals surface area contributed by atoms with Gasteiger partial charge in [-0.15, -0.1) is 0 Å². The molecule has 0 saturated heterocycles. The summed E-state index contributed by atoms with van der Waals surface area (Å²) in [6, 6.07) is 10.8. The van der Waals surface area contributed by atoms with E-state index in [2.05, 4.69) is 13.8 Å². The maximum Gasteiger partial charge on any atom is 0.335 e. The van der Waals surface area contributed by atoms with Gasteiger partial charge in [0.15, 0.2) is 0 Å². The maximum atomic E-state index is 10.9. The molecule has 0 saturated carbocycles. The second-order valence-electron chi connectivity index (χ2n) is 4.73. The highest BCUT2D eigenvalue weighted by atomic mass is 16.5. The number of fused-ring (bicyclic) bond motifs is 1. The molecule has 0 aliphatic rings. The highest BCUT2D eigenvalue weighted by Crippen LogP contribution is 2.22. The first-order chi connectivity index (χ1) is 8.56. The van der Waals surface area contributed by atoms with Crippen LogP contribution in [0.2, 0.25) is 0 Å². The fraction of sp³-hybridized carbons (Fsp3) is 0.267. The second-order valence-corrected chi connectivity index (χ2v) is 4.73. The molecule has 0 aliphatic heterocycles. The van der Waals surface area contributed by atoms with Gasteiger partial charge in [0.05, 0.1) is 12.2 Å². The molecule has 3 heteroatoms. The molecule has 0 atom stereocenters. The fourth-order valence-corrected chi connectivity index (χ4v) is 1.71. The van der Waals surface area contributed by atoms with Crippen molar-refractivity contribution in [2.24, 2.45) is 5.92 Å². The van der Waals surface area contributed by atoms with Crippen molar-refractivity contribution in [3.8, 4) is 5.75 Å². The van der Waals surface area contributed by atoms with Gasteiger partial charge in [0, 0.05) is 0 Å². The number of benzene rings is 2. The van der Waals surface area contributed by atoms with Gasteiger partial charge in [0.25, 0.3) is 0 Å². The molecule has 1 N–H and O–H groups in total. The van der Waals surface area contributed by atoms with Gasteiger partial charge in [0.2, 0.25) is 0 Å². The normalized spacial score (nSPS) is 10.8. The molecule has 0 fully saturated rings. The van der Waals surface area contributed by atoms with Gasteiger partial charge in [-0.3, -0.25) is 0 Å². The molecule has 0 spiro atoms. The van der Waals surface area contributed by atoms with Gasteiger partial charge in [0.1, 0.15) is 5.75 Å². The lowest BCUT2D eigenvalue weighted by molar-refractivity contribution is 0.0697. The molecule has 94 valence electrons. The van der Waals surface area contributed by atoms with Crippen molar-refractivity contribution in [1.29, 1.82) is 0 Å². The first-order valence-corrected chi connectivity index (χ1v) is 5.96. The van der Waals surface area contributed by atoms with Gasteiger partial charge in [-0.1, -0.05) is 26.0 Å². The molecule has 0 aromatic heterocycles. The quantitative estimate of drug-likeness (QED) is 0.894. The molecule has 0 aliphatic carbocycles. The molecule has 2 aromatic carbocycles. The molecule has 0 amide bonds. The van der Waals surface area contributed by atoms with Gasteiger partial charge in [-0.05, 0) is 41.0 Å². The average molecular weight is 244 g/mol. The third kappa shape index (κ3) is 2.80. The monoisotopic (exact) mass is 244 g/mol. The number of carbonyl (C=O) groups is 1. The van der Waals surface area contributed by atoms with Crippen LogP contribution in [0.25, 0.3) is 10.8 Å². The Morgan fingerprint density at radius 2 is 1.83 bits per heavy atom. The predicted molar refractivity (Wildman–Crippen MR) is 71.2 cm³/mol. The van der Waals surface area contributed by atoms with Crippen molar-refractivity contribution in [1.82, 2.24) is 0 Å². The summed E-state index contributed by atoms with van der Waals surface area (Å²) in [6.07, 6.45) is 0. The van der Waals surface area contributed by atoms with Crippen molar-refractivity contribution in [2.45, 2.75) is 13.8 Å².